The molecule has 3 rings (SSSR count). The third-order valence-corrected chi connectivity index (χ3v) is 2.90. The lowest BCUT2D eigenvalue weighted by Gasteiger charge is -2.05. The van der Waals surface area contributed by atoms with Crippen LogP contribution in [0.4, 0.5) is 5.82 Å². The predicted octanol–water partition coefficient (Wildman–Crippen LogP) is 1.39. The van der Waals surface area contributed by atoms with Gasteiger partial charge in [0.1, 0.15) is 11.4 Å². The van der Waals surface area contributed by atoms with Crippen LogP contribution in [0.15, 0.2) is 30.7 Å². The maximum atomic E-state index is 11.4. The van der Waals surface area contributed by atoms with Crippen LogP contribution in [-0.4, -0.2) is 33.0 Å². The van der Waals surface area contributed by atoms with Gasteiger partial charge >= 0.3 is 5.97 Å². The van der Waals surface area contributed by atoms with Gasteiger partial charge in [0, 0.05) is 11.8 Å². The molecule has 0 aliphatic rings. The number of fused-ring (bicyclic) bond motifs is 1. The summed E-state index contributed by atoms with van der Waals surface area (Å²) in [5, 5.41) is 0. The van der Waals surface area contributed by atoms with E-state index in [1.807, 2.05) is 18.2 Å². The van der Waals surface area contributed by atoms with Crippen molar-refractivity contribution < 1.29 is 9.53 Å². The molecule has 0 radical (unpaired) electrons. The number of ether oxygens (including phenoxy) is 1. The second-order valence-corrected chi connectivity index (χ2v) is 4.12. The lowest BCUT2D eigenvalue weighted by atomic mass is 10.2. The molecule has 0 unspecified atom stereocenters. The van der Waals surface area contributed by atoms with Gasteiger partial charge in [-0.2, -0.15) is 0 Å². The van der Waals surface area contributed by atoms with Crippen LogP contribution in [-0.2, 0) is 4.74 Å². The van der Waals surface area contributed by atoms with E-state index in [0.717, 1.165) is 16.6 Å². The Kier molecular flexibility index (Phi) is 2.79. The predicted molar refractivity (Wildman–Crippen MR) is 72.9 cm³/mol. The highest BCUT2D eigenvalue weighted by Crippen LogP contribution is 2.21. The van der Waals surface area contributed by atoms with Gasteiger partial charge in [0.25, 0.3) is 0 Å². The minimum absolute atomic E-state index is 0.0894. The molecular formula is C13H11N5O2. The van der Waals surface area contributed by atoms with Crippen LogP contribution in [0.2, 0.25) is 0 Å². The molecule has 3 aromatic rings. The highest BCUT2D eigenvalue weighted by atomic mass is 16.5. The van der Waals surface area contributed by atoms with Crippen molar-refractivity contribution in [1.29, 1.82) is 0 Å². The number of benzene rings is 1. The summed E-state index contributed by atoms with van der Waals surface area (Å²) in [5.41, 5.74) is 8.42. The molecule has 7 nitrogen and oxygen atoms in total. The summed E-state index contributed by atoms with van der Waals surface area (Å²) in [5.74, 6) is -0.0312. The normalized spacial score (nSPS) is 10.7. The number of carbonyl (C=O) groups is 1. The third kappa shape index (κ3) is 1.95. The Bertz CT molecular complexity index is 796. The Morgan fingerprint density at radius 1 is 1.35 bits per heavy atom. The minimum atomic E-state index is -0.557. The Labute approximate surface area is 113 Å². The minimum Gasteiger partial charge on any atom is -0.465 e. The first kappa shape index (κ1) is 12.1. The standard InChI is InChI=1S/C13H11N5O2/c1-20-13(19)8-5-15-12(18-11(8)14)7-2-3-9-10(4-7)17-6-16-9/h2-6H,1H3,(H,16,17)(H2,14,15,18). The number of carbonyl (C=O) groups excluding carboxylic acids is 1. The highest BCUT2D eigenvalue weighted by Gasteiger charge is 2.13. The Hall–Kier alpha value is -2.96. The van der Waals surface area contributed by atoms with Gasteiger partial charge in [-0.1, -0.05) is 0 Å². The largest absolute Gasteiger partial charge is 0.465 e. The topological polar surface area (TPSA) is 107 Å². The Morgan fingerprint density at radius 2 is 2.20 bits per heavy atom. The molecule has 1 aromatic carbocycles. The first-order valence-electron chi connectivity index (χ1n) is 5.83. The summed E-state index contributed by atoms with van der Waals surface area (Å²) in [7, 11) is 1.28. The van der Waals surface area contributed by atoms with Crippen molar-refractivity contribution in [2.75, 3.05) is 12.8 Å². The maximum absolute atomic E-state index is 11.4. The molecule has 20 heavy (non-hydrogen) atoms. The van der Waals surface area contributed by atoms with Crippen molar-refractivity contribution >= 4 is 22.8 Å². The van der Waals surface area contributed by atoms with Gasteiger partial charge in [-0.15, -0.1) is 0 Å². The highest BCUT2D eigenvalue weighted by molar-refractivity contribution is 5.94. The Balaban J connectivity index is 2.05. The molecule has 2 aromatic heterocycles. The van der Waals surface area contributed by atoms with Crippen LogP contribution in [0, 0.1) is 0 Å². The summed E-state index contributed by atoms with van der Waals surface area (Å²) >= 11 is 0. The van der Waals surface area contributed by atoms with Crippen molar-refractivity contribution in [3.63, 3.8) is 0 Å². The number of nitrogens with zero attached hydrogens (tertiary/aromatic N) is 3. The number of hydrogen-bond acceptors (Lipinski definition) is 6. The number of esters is 1. The fourth-order valence-corrected chi connectivity index (χ4v) is 1.88. The number of imidazole rings is 1. The lowest BCUT2D eigenvalue weighted by molar-refractivity contribution is 0.0601. The fraction of sp³-hybridized carbons (Fsp3) is 0.0769. The maximum Gasteiger partial charge on any atom is 0.343 e. The van der Waals surface area contributed by atoms with Crippen molar-refractivity contribution in [3.05, 3.63) is 36.3 Å². The molecule has 100 valence electrons. The average molecular weight is 269 g/mol. The number of hydrogen-bond donors (Lipinski definition) is 2. The SMILES string of the molecule is COC(=O)c1cnc(-c2ccc3nc[nH]c3c2)nc1N. The first-order chi connectivity index (χ1) is 9.69. The first-order valence-corrected chi connectivity index (χ1v) is 5.83. The number of rotatable bonds is 2. The molecule has 0 amide bonds. The second kappa shape index (κ2) is 4.61. The number of aromatic amines is 1. The van der Waals surface area contributed by atoms with E-state index in [4.69, 9.17) is 5.73 Å². The lowest BCUT2D eigenvalue weighted by Crippen LogP contribution is -2.09. The summed E-state index contributed by atoms with van der Waals surface area (Å²) in [6, 6.07) is 5.57. The number of anilines is 1. The van der Waals surface area contributed by atoms with E-state index in [2.05, 4.69) is 24.7 Å². The quantitative estimate of drug-likeness (QED) is 0.681. The number of aromatic nitrogens is 4. The molecule has 3 N–H and O–H groups in total. The van der Waals surface area contributed by atoms with Crippen molar-refractivity contribution in [3.8, 4) is 11.4 Å². The monoisotopic (exact) mass is 269 g/mol. The number of nitrogens with two attached hydrogens (primary N) is 1. The van der Waals surface area contributed by atoms with Gasteiger partial charge in [-0.05, 0) is 18.2 Å². The van der Waals surface area contributed by atoms with E-state index in [1.165, 1.54) is 13.3 Å². The molecule has 0 atom stereocenters. The summed E-state index contributed by atoms with van der Waals surface area (Å²) in [6.07, 6.45) is 2.98. The van der Waals surface area contributed by atoms with E-state index >= 15 is 0 Å². The van der Waals surface area contributed by atoms with E-state index in [0.29, 0.717) is 5.82 Å². The van der Waals surface area contributed by atoms with Gasteiger partial charge < -0.3 is 15.5 Å². The van der Waals surface area contributed by atoms with E-state index < -0.39 is 5.97 Å². The molecule has 0 fully saturated rings. The van der Waals surface area contributed by atoms with Crippen LogP contribution in [0.5, 0.6) is 0 Å². The van der Waals surface area contributed by atoms with Crippen LogP contribution in [0.3, 0.4) is 0 Å². The van der Waals surface area contributed by atoms with Gasteiger partial charge in [-0.3, -0.25) is 0 Å². The molecule has 0 saturated heterocycles. The zero-order chi connectivity index (χ0) is 14.1. The van der Waals surface area contributed by atoms with Crippen LogP contribution in [0.1, 0.15) is 10.4 Å². The fourth-order valence-electron chi connectivity index (χ4n) is 1.88. The van der Waals surface area contributed by atoms with Crippen molar-refractivity contribution in [2.45, 2.75) is 0 Å². The van der Waals surface area contributed by atoms with Crippen LogP contribution < -0.4 is 5.73 Å². The second-order valence-electron chi connectivity index (χ2n) is 4.12. The number of methoxy groups -OCH3 is 1. The smallest absolute Gasteiger partial charge is 0.343 e. The zero-order valence-electron chi connectivity index (χ0n) is 10.6. The van der Waals surface area contributed by atoms with Crippen LogP contribution in [0.25, 0.3) is 22.4 Å². The number of nitrogen functional groups attached to an aromatic ring is 1. The summed E-state index contributed by atoms with van der Waals surface area (Å²) < 4.78 is 4.60. The molecule has 0 bridgehead atoms. The van der Waals surface area contributed by atoms with E-state index in [9.17, 15) is 4.79 Å². The summed E-state index contributed by atoms with van der Waals surface area (Å²) in [4.78, 5) is 26.9. The van der Waals surface area contributed by atoms with E-state index in [1.54, 1.807) is 6.33 Å². The number of nitrogens with one attached hydrogen (secondary N) is 1. The molecule has 0 aliphatic heterocycles. The molecule has 0 saturated carbocycles. The molecule has 0 aliphatic carbocycles. The molecule has 0 spiro atoms. The van der Waals surface area contributed by atoms with Gasteiger partial charge in [0.15, 0.2) is 5.82 Å². The van der Waals surface area contributed by atoms with Crippen LogP contribution >= 0.6 is 0 Å². The van der Waals surface area contributed by atoms with Gasteiger partial charge in [0.2, 0.25) is 0 Å². The van der Waals surface area contributed by atoms with Crippen molar-refractivity contribution in [1.82, 2.24) is 19.9 Å². The third-order valence-electron chi connectivity index (χ3n) is 2.90. The van der Waals surface area contributed by atoms with Gasteiger partial charge in [0.05, 0.1) is 24.5 Å². The zero-order valence-corrected chi connectivity index (χ0v) is 10.6. The number of H-pyrrole nitrogens is 1. The molecule has 7 heteroatoms. The van der Waals surface area contributed by atoms with Crippen molar-refractivity contribution in [2.24, 2.45) is 0 Å². The van der Waals surface area contributed by atoms with Gasteiger partial charge in [-0.25, -0.2) is 19.7 Å². The Morgan fingerprint density at radius 3 is 2.95 bits per heavy atom. The average Bonchev–Trinajstić information content (AvgIpc) is 2.93. The molecular weight excluding hydrogens is 258 g/mol. The molecule has 2 heterocycles. The summed E-state index contributed by atoms with van der Waals surface area (Å²) in [6.45, 7) is 0. The van der Waals surface area contributed by atoms with E-state index in [-0.39, 0.29) is 11.4 Å².